The van der Waals surface area contributed by atoms with Crippen molar-refractivity contribution in [1.82, 2.24) is 5.32 Å². The molecule has 5 heteroatoms. The molecule has 0 bridgehead atoms. The number of halogens is 1. The highest BCUT2D eigenvalue weighted by atomic mass is 35.5. The van der Waals surface area contributed by atoms with Crippen molar-refractivity contribution in [2.75, 3.05) is 13.2 Å². The molecular formula is C18H29ClN2O2. The molecule has 4 nitrogen and oxygen atoms in total. The van der Waals surface area contributed by atoms with E-state index in [-0.39, 0.29) is 31.0 Å². The van der Waals surface area contributed by atoms with Crippen LogP contribution in [0.3, 0.4) is 0 Å². The molecule has 0 spiro atoms. The Morgan fingerprint density at radius 3 is 2.65 bits per heavy atom. The van der Waals surface area contributed by atoms with Crippen LogP contribution in [0, 0.1) is 19.8 Å². The van der Waals surface area contributed by atoms with Crippen LogP contribution in [0.5, 0.6) is 5.75 Å². The average molecular weight is 341 g/mol. The molecule has 1 atom stereocenters. The summed E-state index contributed by atoms with van der Waals surface area (Å²) < 4.78 is 5.66. The van der Waals surface area contributed by atoms with Crippen LogP contribution in [0.1, 0.15) is 43.2 Å². The Morgan fingerprint density at radius 1 is 1.30 bits per heavy atom. The summed E-state index contributed by atoms with van der Waals surface area (Å²) in [4.78, 5) is 12.1. The number of rotatable bonds is 6. The first-order valence-electron chi connectivity index (χ1n) is 8.29. The van der Waals surface area contributed by atoms with Gasteiger partial charge in [0.25, 0.3) is 5.91 Å². The van der Waals surface area contributed by atoms with Crippen LogP contribution in [-0.4, -0.2) is 25.1 Å². The molecule has 1 fully saturated rings. The first-order chi connectivity index (χ1) is 10.6. The summed E-state index contributed by atoms with van der Waals surface area (Å²) in [6, 6.07) is 6.09. The molecule has 1 aromatic rings. The van der Waals surface area contributed by atoms with E-state index in [1.165, 1.54) is 32.1 Å². The lowest BCUT2D eigenvalue weighted by Gasteiger charge is -2.30. The van der Waals surface area contributed by atoms with Gasteiger partial charge in [-0.25, -0.2) is 0 Å². The summed E-state index contributed by atoms with van der Waals surface area (Å²) in [5.74, 6) is 1.21. The SMILES string of the molecule is Cc1ccc(C)c(OCC(=O)NC(CN)C2CCCCC2)c1.Cl. The minimum Gasteiger partial charge on any atom is -0.483 e. The molecular weight excluding hydrogens is 312 g/mol. The molecule has 2 rings (SSSR count). The second kappa shape index (κ2) is 9.78. The predicted molar refractivity (Wildman–Crippen MR) is 96.2 cm³/mol. The molecule has 0 radical (unpaired) electrons. The predicted octanol–water partition coefficient (Wildman–Crippen LogP) is 3.13. The Labute approximate surface area is 145 Å². The van der Waals surface area contributed by atoms with Gasteiger partial charge < -0.3 is 15.8 Å². The van der Waals surface area contributed by atoms with Gasteiger partial charge >= 0.3 is 0 Å². The number of nitrogens with two attached hydrogens (primary N) is 1. The maximum absolute atomic E-state index is 12.1. The fourth-order valence-corrected chi connectivity index (χ4v) is 3.16. The van der Waals surface area contributed by atoms with Crippen LogP contribution in [0.4, 0.5) is 0 Å². The smallest absolute Gasteiger partial charge is 0.258 e. The summed E-state index contributed by atoms with van der Waals surface area (Å²) in [7, 11) is 0. The van der Waals surface area contributed by atoms with E-state index in [2.05, 4.69) is 5.32 Å². The highest BCUT2D eigenvalue weighted by molar-refractivity contribution is 5.85. The number of nitrogens with one attached hydrogen (secondary N) is 1. The van der Waals surface area contributed by atoms with Gasteiger partial charge in [-0.2, -0.15) is 0 Å². The Bertz CT molecular complexity index is 502. The first kappa shape index (κ1) is 19.8. The summed E-state index contributed by atoms with van der Waals surface area (Å²) >= 11 is 0. The molecule has 0 heterocycles. The molecule has 1 aliphatic carbocycles. The maximum atomic E-state index is 12.1. The molecule has 0 aromatic heterocycles. The summed E-state index contributed by atoms with van der Waals surface area (Å²) in [6.07, 6.45) is 6.13. The van der Waals surface area contributed by atoms with E-state index in [0.717, 1.165) is 16.9 Å². The second-order valence-corrected chi connectivity index (χ2v) is 6.37. The number of aryl methyl sites for hydroxylation is 2. The van der Waals surface area contributed by atoms with E-state index in [0.29, 0.717) is 12.5 Å². The van der Waals surface area contributed by atoms with Crippen LogP contribution >= 0.6 is 12.4 Å². The van der Waals surface area contributed by atoms with Gasteiger partial charge in [-0.3, -0.25) is 4.79 Å². The van der Waals surface area contributed by atoms with Crippen molar-refractivity contribution in [3.63, 3.8) is 0 Å². The molecule has 1 saturated carbocycles. The molecule has 1 aromatic carbocycles. The standard InChI is InChI=1S/C18H28N2O2.ClH/c1-13-8-9-14(2)17(10-13)22-12-18(21)20-16(11-19)15-6-4-3-5-7-15;/h8-10,15-16H,3-7,11-12,19H2,1-2H3,(H,20,21);1H. The van der Waals surface area contributed by atoms with Gasteiger partial charge in [0.2, 0.25) is 0 Å². The topological polar surface area (TPSA) is 64.3 Å². The lowest BCUT2D eigenvalue weighted by molar-refractivity contribution is -0.124. The molecule has 130 valence electrons. The van der Waals surface area contributed by atoms with Gasteiger partial charge in [-0.15, -0.1) is 12.4 Å². The normalized spacial score (nSPS) is 16.3. The van der Waals surface area contributed by atoms with Crippen LogP contribution in [-0.2, 0) is 4.79 Å². The fraction of sp³-hybridized carbons (Fsp3) is 0.611. The molecule has 0 saturated heterocycles. The number of hydrogen-bond donors (Lipinski definition) is 2. The number of amides is 1. The molecule has 1 unspecified atom stereocenters. The van der Waals surface area contributed by atoms with Gasteiger partial charge in [0.1, 0.15) is 5.75 Å². The minimum absolute atomic E-state index is 0. The number of carbonyl (C=O) groups excluding carboxylic acids is 1. The van der Waals surface area contributed by atoms with Crippen molar-refractivity contribution >= 4 is 18.3 Å². The highest BCUT2D eigenvalue weighted by Crippen LogP contribution is 2.26. The zero-order chi connectivity index (χ0) is 15.9. The lowest BCUT2D eigenvalue weighted by Crippen LogP contribution is -2.47. The van der Waals surface area contributed by atoms with E-state index < -0.39 is 0 Å². The Kier molecular flexibility index (Phi) is 8.42. The third-order valence-corrected chi connectivity index (χ3v) is 4.52. The minimum atomic E-state index is -0.0815. The van der Waals surface area contributed by atoms with Crippen molar-refractivity contribution in [3.05, 3.63) is 29.3 Å². The third-order valence-electron chi connectivity index (χ3n) is 4.52. The van der Waals surface area contributed by atoms with E-state index in [4.69, 9.17) is 10.5 Å². The zero-order valence-corrected chi connectivity index (χ0v) is 15.0. The maximum Gasteiger partial charge on any atom is 0.258 e. The average Bonchev–Trinajstić information content (AvgIpc) is 2.54. The molecule has 1 amide bonds. The molecule has 23 heavy (non-hydrogen) atoms. The van der Waals surface area contributed by atoms with Crippen molar-refractivity contribution in [3.8, 4) is 5.75 Å². The van der Waals surface area contributed by atoms with E-state index in [9.17, 15) is 4.79 Å². The highest BCUT2D eigenvalue weighted by Gasteiger charge is 2.24. The lowest BCUT2D eigenvalue weighted by atomic mass is 9.84. The van der Waals surface area contributed by atoms with Crippen molar-refractivity contribution < 1.29 is 9.53 Å². The van der Waals surface area contributed by atoms with Crippen molar-refractivity contribution in [1.29, 1.82) is 0 Å². The number of ether oxygens (including phenoxy) is 1. The zero-order valence-electron chi connectivity index (χ0n) is 14.1. The van der Waals surface area contributed by atoms with E-state index >= 15 is 0 Å². The van der Waals surface area contributed by atoms with Gasteiger partial charge in [0.15, 0.2) is 6.61 Å². The number of hydrogen-bond acceptors (Lipinski definition) is 3. The van der Waals surface area contributed by atoms with Crippen molar-refractivity contribution in [2.24, 2.45) is 11.7 Å². The summed E-state index contributed by atoms with van der Waals surface area (Å²) in [5.41, 5.74) is 8.02. The largest absolute Gasteiger partial charge is 0.483 e. The molecule has 3 N–H and O–H groups in total. The van der Waals surface area contributed by atoms with E-state index in [1.54, 1.807) is 0 Å². The second-order valence-electron chi connectivity index (χ2n) is 6.37. The van der Waals surface area contributed by atoms with Gasteiger partial charge in [-0.1, -0.05) is 31.4 Å². The van der Waals surface area contributed by atoms with Gasteiger partial charge in [0, 0.05) is 12.6 Å². The third kappa shape index (κ3) is 6.04. The Morgan fingerprint density at radius 2 is 2.00 bits per heavy atom. The van der Waals surface area contributed by atoms with Crippen molar-refractivity contribution in [2.45, 2.75) is 52.0 Å². The monoisotopic (exact) mass is 340 g/mol. The van der Waals surface area contributed by atoms with Gasteiger partial charge in [-0.05, 0) is 49.8 Å². The van der Waals surface area contributed by atoms with Crippen LogP contribution < -0.4 is 15.8 Å². The quantitative estimate of drug-likeness (QED) is 0.836. The number of carbonyl (C=O) groups is 1. The fourth-order valence-electron chi connectivity index (χ4n) is 3.16. The Hall–Kier alpha value is -1.26. The summed E-state index contributed by atoms with van der Waals surface area (Å²) in [6.45, 7) is 4.55. The van der Waals surface area contributed by atoms with Gasteiger partial charge in [0.05, 0.1) is 0 Å². The first-order valence-corrected chi connectivity index (χ1v) is 8.29. The molecule has 0 aliphatic heterocycles. The number of benzene rings is 1. The van der Waals surface area contributed by atoms with Crippen LogP contribution in [0.15, 0.2) is 18.2 Å². The van der Waals surface area contributed by atoms with E-state index in [1.807, 2.05) is 32.0 Å². The Balaban J connectivity index is 0.00000264. The summed E-state index contributed by atoms with van der Waals surface area (Å²) in [5, 5.41) is 3.05. The van der Waals surface area contributed by atoms with Crippen LogP contribution in [0.2, 0.25) is 0 Å². The van der Waals surface area contributed by atoms with Crippen LogP contribution in [0.25, 0.3) is 0 Å². The molecule has 1 aliphatic rings.